The minimum absolute atomic E-state index is 0.0215. The number of hydrogen-bond acceptors (Lipinski definition) is 5. The Kier molecular flexibility index (Phi) is 6.08. The predicted molar refractivity (Wildman–Crippen MR) is 103 cm³/mol. The highest BCUT2D eigenvalue weighted by molar-refractivity contribution is 7.18. The second-order valence-corrected chi connectivity index (χ2v) is 7.47. The molecule has 2 aromatic rings. The van der Waals surface area contributed by atoms with Gasteiger partial charge in [-0.3, -0.25) is 14.5 Å². The topological polar surface area (TPSA) is 61.9 Å². The third-order valence-electron chi connectivity index (χ3n) is 4.40. The molecule has 2 amide bonds. The molecule has 3 rings (SSSR count). The smallest absolute Gasteiger partial charge is 0.264 e. The van der Waals surface area contributed by atoms with E-state index in [1.165, 1.54) is 31.4 Å². The summed E-state index contributed by atoms with van der Waals surface area (Å²) in [5.74, 6) is -0.300. The van der Waals surface area contributed by atoms with E-state index in [1.807, 2.05) is 11.0 Å². The van der Waals surface area contributed by atoms with E-state index in [-0.39, 0.29) is 23.4 Å². The number of piperazine rings is 1. The van der Waals surface area contributed by atoms with Crippen molar-refractivity contribution in [1.29, 1.82) is 0 Å². The fourth-order valence-corrected chi connectivity index (χ4v) is 3.95. The highest BCUT2D eigenvalue weighted by atomic mass is 32.1. The fraction of sp³-hybridized carbons (Fsp3) is 0.368. The van der Waals surface area contributed by atoms with Crippen LogP contribution in [-0.2, 0) is 11.3 Å². The van der Waals surface area contributed by atoms with Gasteiger partial charge >= 0.3 is 0 Å². The Morgan fingerprint density at radius 3 is 2.56 bits per heavy atom. The van der Waals surface area contributed by atoms with Gasteiger partial charge in [0.05, 0.1) is 17.0 Å². The lowest BCUT2D eigenvalue weighted by Crippen LogP contribution is -2.48. The fourth-order valence-electron chi connectivity index (χ4n) is 3.02. The molecule has 27 heavy (non-hydrogen) atoms. The van der Waals surface area contributed by atoms with Gasteiger partial charge in [0.15, 0.2) is 11.6 Å². The van der Waals surface area contributed by atoms with E-state index in [0.29, 0.717) is 29.5 Å². The number of amides is 2. The van der Waals surface area contributed by atoms with Crippen LogP contribution in [0.3, 0.4) is 0 Å². The minimum Gasteiger partial charge on any atom is -0.494 e. The van der Waals surface area contributed by atoms with Crippen LogP contribution < -0.4 is 10.1 Å². The molecule has 1 aromatic heterocycles. The van der Waals surface area contributed by atoms with Crippen LogP contribution in [0, 0.1) is 5.82 Å². The number of nitrogens with zero attached hydrogens (tertiary/aromatic N) is 2. The molecule has 1 fully saturated rings. The first-order valence-corrected chi connectivity index (χ1v) is 9.49. The van der Waals surface area contributed by atoms with Crippen molar-refractivity contribution in [3.63, 3.8) is 0 Å². The Morgan fingerprint density at radius 1 is 1.19 bits per heavy atom. The average molecular weight is 391 g/mol. The van der Waals surface area contributed by atoms with Gasteiger partial charge in [0.25, 0.3) is 5.91 Å². The van der Waals surface area contributed by atoms with Gasteiger partial charge in [-0.1, -0.05) is 6.07 Å². The van der Waals surface area contributed by atoms with Crippen LogP contribution in [0.4, 0.5) is 9.39 Å². The summed E-state index contributed by atoms with van der Waals surface area (Å²) in [7, 11) is 1.45. The summed E-state index contributed by atoms with van der Waals surface area (Å²) in [5, 5.41) is 3.36. The molecule has 6 nitrogen and oxygen atoms in total. The lowest BCUT2D eigenvalue weighted by Gasteiger charge is -2.34. The second-order valence-electron chi connectivity index (χ2n) is 6.38. The van der Waals surface area contributed by atoms with Crippen molar-refractivity contribution < 1.29 is 18.7 Å². The number of rotatable bonds is 5. The summed E-state index contributed by atoms with van der Waals surface area (Å²) in [6.07, 6.45) is 0. The zero-order valence-corrected chi connectivity index (χ0v) is 16.1. The van der Waals surface area contributed by atoms with Crippen molar-refractivity contribution in [2.45, 2.75) is 13.5 Å². The summed E-state index contributed by atoms with van der Waals surface area (Å²) < 4.78 is 18.8. The number of nitrogens with one attached hydrogen (secondary N) is 1. The van der Waals surface area contributed by atoms with E-state index in [1.54, 1.807) is 18.2 Å². The van der Waals surface area contributed by atoms with Crippen molar-refractivity contribution in [3.8, 4) is 5.75 Å². The van der Waals surface area contributed by atoms with Gasteiger partial charge in [-0.15, -0.1) is 11.3 Å². The largest absolute Gasteiger partial charge is 0.494 e. The first kappa shape index (κ1) is 19.3. The van der Waals surface area contributed by atoms with E-state index in [4.69, 9.17) is 4.74 Å². The molecule has 2 heterocycles. The van der Waals surface area contributed by atoms with Crippen molar-refractivity contribution in [2.24, 2.45) is 0 Å². The molecular formula is C19H22FN3O3S. The quantitative estimate of drug-likeness (QED) is 0.851. The Bertz CT molecular complexity index is 831. The molecule has 0 unspecified atom stereocenters. The van der Waals surface area contributed by atoms with E-state index >= 15 is 0 Å². The van der Waals surface area contributed by atoms with Crippen molar-refractivity contribution in [1.82, 2.24) is 9.80 Å². The number of carbonyl (C=O) groups excluding carboxylic acids is 2. The highest BCUT2D eigenvalue weighted by Crippen LogP contribution is 2.24. The number of ether oxygens (including phenoxy) is 1. The maximum absolute atomic E-state index is 13.8. The van der Waals surface area contributed by atoms with Gasteiger partial charge < -0.3 is 15.0 Å². The molecule has 1 aromatic carbocycles. The van der Waals surface area contributed by atoms with Crippen LogP contribution in [-0.4, -0.2) is 54.9 Å². The maximum Gasteiger partial charge on any atom is 0.264 e. The number of hydrogen-bond donors (Lipinski definition) is 1. The van der Waals surface area contributed by atoms with Crippen LogP contribution in [0.2, 0.25) is 0 Å². The Balaban J connectivity index is 1.53. The molecule has 1 aliphatic rings. The zero-order chi connectivity index (χ0) is 19.4. The number of benzene rings is 1. The van der Waals surface area contributed by atoms with Gasteiger partial charge in [-0.05, 0) is 29.8 Å². The first-order valence-electron chi connectivity index (χ1n) is 8.67. The van der Waals surface area contributed by atoms with E-state index < -0.39 is 0 Å². The Hall–Kier alpha value is -2.45. The van der Waals surface area contributed by atoms with E-state index in [0.717, 1.165) is 18.7 Å². The summed E-state index contributed by atoms with van der Waals surface area (Å²) in [6.45, 7) is 4.76. The van der Waals surface area contributed by atoms with E-state index in [2.05, 4.69) is 10.2 Å². The van der Waals surface area contributed by atoms with Crippen LogP contribution in [0.15, 0.2) is 30.3 Å². The summed E-state index contributed by atoms with van der Waals surface area (Å²) in [4.78, 5) is 28.3. The van der Waals surface area contributed by atoms with Crippen molar-refractivity contribution in [3.05, 3.63) is 46.6 Å². The summed E-state index contributed by atoms with van der Waals surface area (Å²) in [6, 6.07) is 8.46. The van der Waals surface area contributed by atoms with Crippen molar-refractivity contribution in [2.75, 3.05) is 38.6 Å². The van der Waals surface area contributed by atoms with Crippen LogP contribution in [0.5, 0.6) is 5.75 Å². The second kappa shape index (κ2) is 8.49. The molecule has 0 radical (unpaired) electrons. The number of carbonyl (C=O) groups is 2. The summed E-state index contributed by atoms with van der Waals surface area (Å²) in [5.41, 5.74) is 0.881. The summed E-state index contributed by atoms with van der Waals surface area (Å²) >= 11 is 1.28. The molecule has 0 atom stereocenters. The SMILES string of the molecule is COc1ccc(CN2CCN(C(=O)c3ccc(NC(C)=O)s3)CC2)cc1F. The predicted octanol–water partition coefficient (Wildman–Crippen LogP) is 2.81. The van der Waals surface area contributed by atoms with Gasteiger partial charge in [-0.2, -0.15) is 0 Å². The van der Waals surface area contributed by atoms with Gasteiger partial charge in [0, 0.05) is 39.6 Å². The molecule has 0 aliphatic carbocycles. The lowest BCUT2D eigenvalue weighted by molar-refractivity contribution is -0.114. The zero-order valence-electron chi connectivity index (χ0n) is 15.3. The van der Waals surface area contributed by atoms with Gasteiger partial charge in [0.1, 0.15) is 0 Å². The standard InChI is InChI=1S/C19H22FN3O3S/c1-13(24)21-18-6-5-17(27-18)19(25)23-9-7-22(8-10-23)12-14-3-4-16(26-2)15(20)11-14/h3-6,11H,7-10,12H2,1-2H3,(H,21,24). The monoisotopic (exact) mass is 391 g/mol. The first-order chi connectivity index (χ1) is 13.0. The number of thiophene rings is 1. The Morgan fingerprint density at radius 2 is 1.93 bits per heavy atom. The Labute approximate surface area is 161 Å². The third kappa shape index (κ3) is 4.84. The van der Waals surface area contributed by atoms with Gasteiger partial charge in [-0.25, -0.2) is 4.39 Å². The number of anilines is 1. The average Bonchev–Trinajstić information content (AvgIpc) is 3.09. The molecular weight excluding hydrogens is 369 g/mol. The highest BCUT2D eigenvalue weighted by Gasteiger charge is 2.23. The number of halogens is 1. The lowest BCUT2D eigenvalue weighted by atomic mass is 10.1. The molecule has 8 heteroatoms. The molecule has 1 N–H and O–H groups in total. The minimum atomic E-state index is -0.364. The third-order valence-corrected chi connectivity index (χ3v) is 5.39. The van der Waals surface area contributed by atoms with Crippen LogP contribution in [0.1, 0.15) is 22.2 Å². The normalized spacial score (nSPS) is 14.9. The van der Waals surface area contributed by atoms with E-state index in [9.17, 15) is 14.0 Å². The molecule has 1 saturated heterocycles. The molecule has 0 bridgehead atoms. The van der Waals surface area contributed by atoms with Crippen LogP contribution >= 0.6 is 11.3 Å². The molecule has 1 aliphatic heterocycles. The molecule has 144 valence electrons. The number of methoxy groups -OCH3 is 1. The van der Waals surface area contributed by atoms with Crippen LogP contribution in [0.25, 0.3) is 0 Å². The molecule has 0 saturated carbocycles. The maximum atomic E-state index is 13.8. The van der Waals surface area contributed by atoms with Crippen molar-refractivity contribution >= 4 is 28.2 Å². The molecule has 0 spiro atoms. The van der Waals surface area contributed by atoms with Gasteiger partial charge in [0.2, 0.25) is 5.91 Å².